The number of nitrogens with one attached hydrogen (secondary N) is 2. The molecule has 0 aliphatic carbocycles. The van der Waals surface area contributed by atoms with Crippen molar-refractivity contribution >= 4 is 22.9 Å². The lowest BCUT2D eigenvalue weighted by Gasteiger charge is -2.26. The summed E-state index contributed by atoms with van der Waals surface area (Å²) in [5, 5.41) is 2.08. The maximum absolute atomic E-state index is 13.1. The fourth-order valence-corrected chi connectivity index (χ4v) is 5.03. The number of rotatable bonds is 3. The molecule has 2 aromatic rings. The van der Waals surface area contributed by atoms with Gasteiger partial charge in [0.2, 0.25) is 5.91 Å². The summed E-state index contributed by atoms with van der Waals surface area (Å²) in [6, 6.07) is 10.3. The van der Waals surface area contributed by atoms with Crippen molar-refractivity contribution in [2.45, 2.75) is 24.9 Å². The maximum atomic E-state index is 13.1. The Bertz CT molecular complexity index is 860. The smallest absolute Gasteiger partial charge is 0.241 e. The normalized spacial score (nSPS) is 24.4. The van der Waals surface area contributed by atoms with Gasteiger partial charge in [-0.25, -0.2) is 10.9 Å². The molecule has 0 spiro atoms. The van der Waals surface area contributed by atoms with Gasteiger partial charge in [0.05, 0.1) is 6.04 Å². The largest absolute Gasteiger partial charge is 0.486 e. The highest BCUT2D eigenvalue weighted by atomic mass is 32.1. The summed E-state index contributed by atoms with van der Waals surface area (Å²) in [7, 11) is 0. The fourth-order valence-electron chi connectivity index (χ4n) is 4.24. The third-order valence-corrected chi connectivity index (χ3v) is 6.77. The topological polar surface area (TPSA) is 66.1 Å². The zero-order valence-electron chi connectivity index (χ0n) is 16.3. The predicted molar refractivity (Wildman–Crippen MR) is 113 cm³/mol. The molecule has 154 valence electrons. The number of hydrazine groups is 1. The Balaban J connectivity index is 1.20. The second kappa shape index (κ2) is 8.22. The van der Waals surface area contributed by atoms with Crippen LogP contribution < -0.4 is 25.2 Å². The Labute approximate surface area is 174 Å². The van der Waals surface area contributed by atoms with Crippen molar-refractivity contribution in [3.8, 4) is 11.5 Å². The van der Waals surface area contributed by atoms with Crippen LogP contribution in [0, 0.1) is 0 Å². The molecular weight excluding hydrogens is 388 g/mol. The number of hydrogen-bond acceptors (Lipinski definition) is 7. The molecule has 5 rings (SSSR count). The van der Waals surface area contributed by atoms with Gasteiger partial charge in [-0.15, -0.1) is 11.3 Å². The van der Waals surface area contributed by atoms with Crippen molar-refractivity contribution < 1.29 is 14.3 Å². The van der Waals surface area contributed by atoms with E-state index in [4.69, 9.17) is 9.47 Å². The van der Waals surface area contributed by atoms with Crippen LogP contribution in [-0.4, -0.2) is 56.2 Å². The lowest BCUT2D eigenvalue weighted by atomic mass is 10.1. The van der Waals surface area contributed by atoms with Crippen molar-refractivity contribution in [3.63, 3.8) is 0 Å². The minimum absolute atomic E-state index is 0.164. The molecule has 3 aliphatic heterocycles. The van der Waals surface area contributed by atoms with E-state index < -0.39 is 0 Å². The number of thiophene rings is 1. The van der Waals surface area contributed by atoms with Crippen LogP contribution >= 0.6 is 11.3 Å². The van der Waals surface area contributed by atoms with E-state index in [1.807, 2.05) is 11.0 Å². The van der Waals surface area contributed by atoms with E-state index in [0.29, 0.717) is 13.2 Å². The van der Waals surface area contributed by atoms with Crippen molar-refractivity contribution in [2.75, 3.05) is 44.3 Å². The Morgan fingerprint density at radius 2 is 1.93 bits per heavy atom. The molecule has 1 amide bonds. The molecule has 0 saturated carbocycles. The van der Waals surface area contributed by atoms with Gasteiger partial charge in [0.1, 0.15) is 19.3 Å². The standard InChI is InChI=1S/C21H26N4O3S/c26-21(17-14-16(22-23-17)20-3-1-12-29-20)25-7-2-6-24(8-9-25)15-4-5-18-19(13-15)28-11-10-27-18/h1,3-5,12-13,16-17,22-23H,2,6-11,14H2. The third kappa shape index (κ3) is 3.92. The van der Waals surface area contributed by atoms with Crippen LogP contribution in [0.5, 0.6) is 11.5 Å². The molecule has 0 bridgehead atoms. The van der Waals surface area contributed by atoms with E-state index in [2.05, 4.69) is 45.4 Å². The van der Waals surface area contributed by atoms with Crippen LogP contribution in [0.3, 0.4) is 0 Å². The molecule has 3 aliphatic rings. The Morgan fingerprint density at radius 1 is 1.03 bits per heavy atom. The van der Waals surface area contributed by atoms with Crippen molar-refractivity contribution in [2.24, 2.45) is 0 Å². The first-order valence-corrected chi connectivity index (χ1v) is 11.1. The van der Waals surface area contributed by atoms with Gasteiger partial charge >= 0.3 is 0 Å². The molecule has 2 fully saturated rings. The summed E-state index contributed by atoms with van der Waals surface area (Å²) < 4.78 is 11.3. The first-order valence-electron chi connectivity index (χ1n) is 10.3. The van der Waals surface area contributed by atoms with Crippen LogP contribution in [0.4, 0.5) is 5.69 Å². The molecule has 1 aromatic heterocycles. The molecule has 2 saturated heterocycles. The lowest BCUT2D eigenvalue weighted by Crippen LogP contribution is -2.46. The number of benzene rings is 1. The molecule has 2 atom stereocenters. The van der Waals surface area contributed by atoms with E-state index in [0.717, 1.165) is 56.2 Å². The number of ether oxygens (including phenoxy) is 2. The van der Waals surface area contributed by atoms with Crippen LogP contribution in [-0.2, 0) is 4.79 Å². The summed E-state index contributed by atoms with van der Waals surface area (Å²) in [6.07, 6.45) is 1.75. The van der Waals surface area contributed by atoms with Gasteiger partial charge < -0.3 is 19.3 Å². The van der Waals surface area contributed by atoms with E-state index in [-0.39, 0.29) is 18.0 Å². The van der Waals surface area contributed by atoms with Gasteiger partial charge in [0.25, 0.3) is 0 Å². The Kier molecular flexibility index (Phi) is 5.30. The second-order valence-corrected chi connectivity index (χ2v) is 8.62. The summed E-state index contributed by atoms with van der Waals surface area (Å²) in [6.45, 7) is 4.46. The van der Waals surface area contributed by atoms with E-state index in [9.17, 15) is 4.79 Å². The van der Waals surface area contributed by atoms with Crippen LogP contribution in [0.1, 0.15) is 23.8 Å². The molecule has 1 aromatic carbocycles. The average molecular weight is 415 g/mol. The highest BCUT2D eigenvalue weighted by molar-refractivity contribution is 7.10. The van der Waals surface area contributed by atoms with Gasteiger partial charge in [-0.1, -0.05) is 6.07 Å². The van der Waals surface area contributed by atoms with Gasteiger partial charge in [-0.3, -0.25) is 4.79 Å². The first kappa shape index (κ1) is 18.7. The fraction of sp³-hybridized carbons (Fsp3) is 0.476. The summed E-state index contributed by atoms with van der Waals surface area (Å²) in [5.74, 6) is 1.82. The quantitative estimate of drug-likeness (QED) is 0.803. The van der Waals surface area contributed by atoms with Gasteiger partial charge in [0, 0.05) is 42.8 Å². The summed E-state index contributed by atoms with van der Waals surface area (Å²) >= 11 is 1.73. The van der Waals surface area contributed by atoms with Crippen LogP contribution in [0.25, 0.3) is 0 Å². The summed E-state index contributed by atoms with van der Waals surface area (Å²) in [4.78, 5) is 18.7. The maximum Gasteiger partial charge on any atom is 0.241 e. The van der Waals surface area contributed by atoms with Gasteiger partial charge in [0.15, 0.2) is 11.5 Å². The highest BCUT2D eigenvalue weighted by Crippen LogP contribution is 2.34. The average Bonchev–Trinajstić information content (AvgIpc) is 3.40. The molecule has 7 nitrogen and oxygen atoms in total. The monoisotopic (exact) mass is 414 g/mol. The predicted octanol–water partition coefficient (Wildman–Crippen LogP) is 2.17. The van der Waals surface area contributed by atoms with E-state index >= 15 is 0 Å². The molecule has 0 radical (unpaired) electrons. The Morgan fingerprint density at radius 3 is 2.79 bits per heavy atom. The van der Waals surface area contributed by atoms with Crippen LogP contribution in [0.15, 0.2) is 35.7 Å². The second-order valence-electron chi connectivity index (χ2n) is 7.64. The van der Waals surface area contributed by atoms with Gasteiger partial charge in [-0.05, 0) is 36.4 Å². The number of carbonyl (C=O) groups excluding carboxylic acids is 1. The molecular formula is C21H26N4O3S. The third-order valence-electron chi connectivity index (χ3n) is 5.79. The number of amides is 1. The molecule has 29 heavy (non-hydrogen) atoms. The van der Waals surface area contributed by atoms with E-state index in [1.165, 1.54) is 4.88 Å². The molecule has 2 N–H and O–H groups in total. The SMILES string of the molecule is O=C(C1CC(c2cccs2)NN1)N1CCCN(c2ccc3c(c2)OCCO3)CC1. The van der Waals surface area contributed by atoms with Crippen molar-refractivity contribution in [1.82, 2.24) is 15.8 Å². The van der Waals surface area contributed by atoms with Crippen LogP contribution in [0.2, 0.25) is 0 Å². The molecule has 4 heterocycles. The number of nitrogens with zero attached hydrogens (tertiary/aromatic N) is 2. The molecule has 8 heteroatoms. The lowest BCUT2D eigenvalue weighted by molar-refractivity contribution is -0.133. The van der Waals surface area contributed by atoms with Crippen molar-refractivity contribution in [1.29, 1.82) is 0 Å². The van der Waals surface area contributed by atoms with Crippen molar-refractivity contribution in [3.05, 3.63) is 40.6 Å². The van der Waals surface area contributed by atoms with E-state index in [1.54, 1.807) is 11.3 Å². The highest BCUT2D eigenvalue weighted by Gasteiger charge is 2.34. The zero-order chi connectivity index (χ0) is 19.6. The minimum atomic E-state index is -0.164. The number of hydrogen-bond donors (Lipinski definition) is 2. The minimum Gasteiger partial charge on any atom is -0.486 e. The Hall–Kier alpha value is -2.29. The number of fused-ring (bicyclic) bond motifs is 1. The zero-order valence-corrected chi connectivity index (χ0v) is 17.1. The number of carbonyl (C=O) groups is 1. The number of anilines is 1. The van der Waals surface area contributed by atoms with Gasteiger partial charge in [-0.2, -0.15) is 0 Å². The first-order chi connectivity index (χ1) is 14.3. The molecule has 2 unspecified atom stereocenters. The summed E-state index contributed by atoms with van der Waals surface area (Å²) in [5.41, 5.74) is 7.62.